The number of hydrogen-bond donors (Lipinski definition) is 0. The van der Waals surface area contributed by atoms with Crippen LogP contribution in [0, 0.1) is 0 Å². The van der Waals surface area contributed by atoms with Crippen molar-refractivity contribution in [1.82, 2.24) is 0 Å². The van der Waals surface area contributed by atoms with Crippen LogP contribution in [0.3, 0.4) is 0 Å². The standard InChI is InChI=1S/C12H9F3O2/c13-12(14,15)9-5-3-8(4-6-9)11-10(17-11)2-1-7-16/h1-7,10-11H/b2-1+/t10-,11-/m1/s1. The van der Waals surface area contributed by atoms with Crippen LogP contribution in [0.1, 0.15) is 17.2 Å². The Kier molecular flexibility index (Phi) is 3.02. The van der Waals surface area contributed by atoms with Crippen LogP contribution < -0.4 is 0 Å². The van der Waals surface area contributed by atoms with Gasteiger partial charge in [-0.25, -0.2) is 0 Å². The highest BCUT2D eigenvalue weighted by atomic mass is 19.4. The maximum Gasteiger partial charge on any atom is 0.416 e. The number of rotatable bonds is 3. The number of allylic oxidation sites excluding steroid dienone is 1. The molecule has 1 aromatic carbocycles. The highest BCUT2D eigenvalue weighted by Crippen LogP contribution is 2.40. The molecular formula is C12H9F3O2. The molecule has 1 aromatic rings. The van der Waals surface area contributed by atoms with E-state index in [0.29, 0.717) is 11.8 Å². The molecule has 1 saturated heterocycles. The summed E-state index contributed by atoms with van der Waals surface area (Å²) >= 11 is 0. The van der Waals surface area contributed by atoms with Crippen molar-refractivity contribution in [1.29, 1.82) is 0 Å². The summed E-state index contributed by atoms with van der Waals surface area (Å²) in [5, 5.41) is 0. The van der Waals surface area contributed by atoms with Gasteiger partial charge in [-0.15, -0.1) is 0 Å². The minimum absolute atomic E-state index is 0.211. The summed E-state index contributed by atoms with van der Waals surface area (Å²) in [6.07, 6.45) is -1.25. The van der Waals surface area contributed by atoms with E-state index >= 15 is 0 Å². The van der Waals surface area contributed by atoms with Crippen molar-refractivity contribution in [3.8, 4) is 0 Å². The van der Waals surface area contributed by atoms with Gasteiger partial charge in [-0.2, -0.15) is 13.2 Å². The Morgan fingerprint density at radius 1 is 1.18 bits per heavy atom. The van der Waals surface area contributed by atoms with Gasteiger partial charge in [0.25, 0.3) is 0 Å². The predicted octanol–water partition coefficient (Wildman–Crippen LogP) is 2.90. The predicted molar refractivity (Wildman–Crippen MR) is 54.3 cm³/mol. The molecule has 0 bridgehead atoms. The molecule has 0 spiro atoms. The Morgan fingerprint density at radius 3 is 2.35 bits per heavy atom. The van der Waals surface area contributed by atoms with Gasteiger partial charge in [-0.05, 0) is 29.8 Å². The molecule has 2 rings (SSSR count). The number of hydrogen-bond acceptors (Lipinski definition) is 2. The zero-order chi connectivity index (χ0) is 12.5. The van der Waals surface area contributed by atoms with Crippen LogP contribution in [0.2, 0.25) is 0 Å². The summed E-state index contributed by atoms with van der Waals surface area (Å²) in [5.41, 5.74) is 0.000401. The monoisotopic (exact) mass is 242 g/mol. The molecule has 0 N–H and O–H groups in total. The third-order valence-electron chi connectivity index (χ3n) is 2.47. The third-order valence-corrected chi connectivity index (χ3v) is 2.47. The number of epoxide rings is 1. The normalized spacial score (nSPS) is 23.9. The minimum atomic E-state index is -4.32. The van der Waals surface area contributed by atoms with E-state index in [9.17, 15) is 18.0 Å². The van der Waals surface area contributed by atoms with Crippen LogP contribution in [-0.4, -0.2) is 12.4 Å². The SMILES string of the molecule is O=C/C=C/[C@H]1O[C@@H]1c1ccc(C(F)(F)F)cc1. The number of halogens is 3. The summed E-state index contributed by atoms with van der Waals surface area (Å²) in [5.74, 6) is 0. The second kappa shape index (κ2) is 4.33. The summed E-state index contributed by atoms with van der Waals surface area (Å²) in [6, 6.07) is 4.83. The molecule has 2 nitrogen and oxygen atoms in total. The number of benzene rings is 1. The first-order chi connectivity index (χ1) is 8.02. The van der Waals surface area contributed by atoms with E-state index in [1.807, 2.05) is 0 Å². The van der Waals surface area contributed by atoms with Crippen LogP contribution in [0.5, 0.6) is 0 Å². The smallest absolute Gasteiger partial charge is 0.360 e. The maximum atomic E-state index is 12.3. The van der Waals surface area contributed by atoms with Crippen LogP contribution in [0.4, 0.5) is 13.2 Å². The average Bonchev–Trinajstić information content (AvgIpc) is 3.05. The number of ether oxygens (including phenoxy) is 1. The van der Waals surface area contributed by atoms with E-state index in [2.05, 4.69) is 0 Å². The maximum absolute atomic E-state index is 12.3. The molecule has 1 fully saturated rings. The lowest BCUT2D eigenvalue weighted by molar-refractivity contribution is -0.137. The second-order valence-electron chi connectivity index (χ2n) is 3.66. The summed E-state index contributed by atoms with van der Waals surface area (Å²) in [4.78, 5) is 10.1. The van der Waals surface area contributed by atoms with Crippen molar-refractivity contribution in [2.24, 2.45) is 0 Å². The Labute approximate surface area is 95.7 Å². The topological polar surface area (TPSA) is 29.6 Å². The lowest BCUT2D eigenvalue weighted by Crippen LogP contribution is -2.04. The Morgan fingerprint density at radius 2 is 1.82 bits per heavy atom. The molecule has 1 aliphatic rings. The number of carbonyl (C=O) groups is 1. The zero-order valence-corrected chi connectivity index (χ0v) is 8.65. The third kappa shape index (κ3) is 2.74. The second-order valence-corrected chi connectivity index (χ2v) is 3.66. The largest absolute Gasteiger partial charge is 0.416 e. The molecule has 17 heavy (non-hydrogen) atoms. The van der Waals surface area contributed by atoms with Crippen LogP contribution in [0.25, 0.3) is 0 Å². The van der Waals surface area contributed by atoms with Crippen molar-refractivity contribution in [2.45, 2.75) is 18.4 Å². The van der Waals surface area contributed by atoms with Crippen LogP contribution in [-0.2, 0) is 15.7 Å². The van der Waals surface area contributed by atoms with Crippen molar-refractivity contribution in [3.05, 3.63) is 47.5 Å². The quantitative estimate of drug-likeness (QED) is 0.463. The molecule has 90 valence electrons. The van der Waals surface area contributed by atoms with Gasteiger partial charge in [0.2, 0.25) is 0 Å². The average molecular weight is 242 g/mol. The zero-order valence-electron chi connectivity index (χ0n) is 8.65. The highest BCUT2D eigenvalue weighted by Gasteiger charge is 2.38. The molecule has 5 heteroatoms. The van der Waals surface area contributed by atoms with Gasteiger partial charge in [0.05, 0.1) is 5.56 Å². The van der Waals surface area contributed by atoms with Gasteiger partial charge in [0, 0.05) is 0 Å². The van der Waals surface area contributed by atoms with Gasteiger partial charge >= 0.3 is 6.18 Å². The van der Waals surface area contributed by atoms with E-state index in [4.69, 9.17) is 4.74 Å². The molecule has 0 amide bonds. The van der Waals surface area contributed by atoms with E-state index < -0.39 is 11.7 Å². The van der Waals surface area contributed by atoms with Crippen molar-refractivity contribution in [3.63, 3.8) is 0 Å². The fourth-order valence-corrected chi connectivity index (χ4v) is 1.56. The summed E-state index contributed by atoms with van der Waals surface area (Å²) < 4.78 is 42.1. The van der Waals surface area contributed by atoms with Gasteiger partial charge in [0.15, 0.2) is 0 Å². The number of aldehydes is 1. The fraction of sp³-hybridized carbons (Fsp3) is 0.250. The van der Waals surface area contributed by atoms with Crippen molar-refractivity contribution >= 4 is 6.29 Å². The van der Waals surface area contributed by atoms with E-state index in [-0.39, 0.29) is 12.2 Å². The van der Waals surface area contributed by atoms with Crippen LogP contribution in [0.15, 0.2) is 36.4 Å². The number of carbonyl (C=O) groups excluding carboxylic acids is 1. The van der Waals surface area contributed by atoms with Gasteiger partial charge in [-0.1, -0.05) is 12.1 Å². The molecule has 0 radical (unpaired) electrons. The molecule has 0 aromatic heterocycles. The van der Waals surface area contributed by atoms with Crippen molar-refractivity contribution < 1.29 is 22.7 Å². The highest BCUT2D eigenvalue weighted by molar-refractivity contribution is 5.65. The molecule has 1 heterocycles. The van der Waals surface area contributed by atoms with E-state index in [1.165, 1.54) is 18.2 Å². The molecule has 2 atom stereocenters. The number of alkyl halides is 3. The summed E-state index contributed by atoms with van der Waals surface area (Å²) in [7, 11) is 0. The lowest BCUT2D eigenvalue weighted by Gasteiger charge is -2.06. The Balaban J connectivity index is 2.05. The van der Waals surface area contributed by atoms with Crippen LogP contribution >= 0.6 is 0 Å². The minimum Gasteiger partial charge on any atom is -0.360 e. The first-order valence-electron chi connectivity index (χ1n) is 4.97. The molecule has 1 aliphatic heterocycles. The van der Waals surface area contributed by atoms with E-state index in [0.717, 1.165) is 12.1 Å². The lowest BCUT2D eigenvalue weighted by atomic mass is 10.1. The van der Waals surface area contributed by atoms with Crippen molar-refractivity contribution in [2.75, 3.05) is 0 Å². The van der Waals surface area contributed by atoms with Gasteiger partial charge in [-0.3, -0.25) is 4.79 Å². The molecule has 0 saturated carbocycles. The fourth-order valence-electron chi connectivity index (χ4n) is 1.56. The van der Waals surface area contributed by atoms with E-state index in [1.54, 1.807) is 6.08 Å². The Bertz CT molecular complexity index is 434. The first kappa shape index (κ1) is 11.9. The molecular weight excluding hydrogens is 233 g/mol. The Hall–Kier alpha value is -1.62. The first-order valence-corrected chi connectivity index (χ1v) is 4.97. The summed E-state index contributed by atoms with van der Waals surface area (Å²) in [6.45, 7) is 0. The van der Waals surface area contributed by atoms with Gasteiger partial charge < -0.3 is 4.74 Å². The molecule has 0 unspecified atom stereocenters. The van der Waals surface area contributed by atoms with Gasteiger partial charge in [0.1, 0.15) is 18.5 Å². The molecule has 0 aliphatic carbocycles.